The van der Waals surface area contributed by atoms with Crippen molar-refractivity contribution in [3.63, 3.8) is 0 Å². The molecule has 10 nitrogen and oxygen atoms in total. The Hall–Kier alpha value is -3.47. The highest BCUT2D eigenvalue weighted by Crippen LogP contribution is 2.46. The van der Waals surface area contributed by atoms with Crippen LogP contribution in [-0.4, -0.2) is 76.5 Å². The Morgan fingerprint density at radius 3 is 2.65 bits per heavy atom. The maximum atomic E-state index is 14.4. The molecule has 7 rings (SSSR count). The molecule has 5 atom stereocenters. The molecule has 4 fully saturated rings. The summed E-state index contributed by atoms with van der Waals surface area (Å²) in [6.07, 6.45) is 13.4. The molecule has 6 aliphatic rings. The van der Waals surface area contributed by atoms with Crippen molar-refractivity contribution >= 4 is 23.8 Å². The van der Waals surface area contributed by atoms with Crippen LogP contribution in [0.25, 0.3) is 0 Å². The zero-order chi connectivity index (χ0) is 31.8. The lowest BCUT2D eigenvalue weighted by atomic mass is 9.91. The number of carbonyl (C=O) groups is 4. The van der Waals surface area contributed by atoms with Crippen molar-refractivity contribution in [1.82, 2.24) is 25.8 Å². The number of halogens is 1. The van der Waals surface area contributed by atoms with E-state index in [1.165, 1.54) is 11.0 Å². The summed E-state index contributed by atoms with van der Waals surface area (Å²) in [6.45, 7) is 1.05. The number of hydrogen-bond acceptors (Lipinski definition) is 6. The maximum Gasteiger partial charge on any atom is 0.410 e. The van der Waals surface area contributed by atoms with Gasteiger partial charge in [-0.3, -0.25) is 19.3 Å². The Kier molecular flexibility index (Phi) is 8.78. The predicted molar refractivity (Wildman–Crippen MR) is 168 cm³/mol. The highest BCUT2D eigenvalue weighted by molar-refractivity contribution is 5.98. The summed E-state index contributed by atoms with van der Waals surface area (Å²) in [4.78, 5) is 58.2. The fourth-order valence-electron chi connectivity index (χ4n) is 7.49. The van der Waals surface area contributed by atoms with E-state index in [9.17, 15) is 23.6 Å². The normalized spacial score (nSPS) is 32.2. The van der Waals surface area contributed by atoms with Crippen LogP contribution in [0.2, 0.25) is 0 Å². The van der Waals surface area contributed by atoms with Crippen LogP contribution in [0.3, 0.4) is 0 Å². The molecule has 46 heavy (non-hydrogen) atoms. The van der Waals surface area contributed by atoms with Crippen LogP contribution < -0.4 is 16.0 Å². The quantitative estimate of drug-likeness (QED) is 0.411. The third-order valence-corrected chi connectivity index (χ3v) is 10.9. The Morgan fingerprint density at radius 1 is 1.04 bits per heavy atom. The molecule has 1 aromatic rings. The van der Waals surface area contributed by atoms with Gasteiger partial charge in [0.25, 0.3) is 0 Å². The summed E-state index contributed by atoms with van der Waals surface area (Å²) in [5, 5.41) is 9.72. The van der Waals surface area contributed by atoms with Crippen molar-refractivity contribution < 1.29 is 28.3 Å². The van der Waals surface area contributed by atoms with Crippen LogP contribution in [0.1, 0.15) is 88.2 Å². The van der Waals surface area contributed by atoms with Gasteiger partial charge in [0, 0.05) is 37.0 Å². The lowest BCUT2D eigenvalue weighted by Crippen LogP contribution is -2.58. The largest absolute Gasteiger partial charge is 0.444 e. The number of hydrogen-bond donors (Lipinski definition) is 3. The molecule has 3 saturated carbocycles. The van der Waals surface area contributed by atoms with Crippen molar-refractivity contribution in [3.8, 4) is 0 Å². The smallest absolute Gasteiger partial charge is 0.410 e. The third kappa shape index (κ3) is 6.52. The summed E-state index contributed by atoms with van der Waals surface area (Å²) in [5.41, 5.74) is 0.186. The van der Waals surface area contributed by atoms with E-state index in [0.717, 1.165) is 63.4 Å². The minimum Gasteiger partial charge on any atom is -0.444 e. The first kappa shape index (κ1) is 31.1. The number of benzene rings is 1. The minimum absolute atomic E-state index is 0.0882. The molecule has 4 amide bonds. The van der Waals surface area contributed by atoms with Gasteiger partial charge >= 0.3 is 6.09 Å². The van der Waals surface area contributed by atoms with Crippen LogP contribution >= 0.6 is 0 Å². The second kappa shape index (κ2) is 13.0. The topological polar surface area (TPSA) is 120 Å². The number of amides is 4. The second-order valence-electron chi connectivity index (χ2n) is 14.3. The zero-order valence-electron chi connectivity index (χ0n) is 26.5. The fourth-order valence-corrected chi connectivity index (χ4v) is 7.49. The molecule has 0 radical (unpaired) electrons. The molecule has 1 aromatic carbocycles. The Balaban J connectivity index is 1.10. The SMILES string of the molecule is O=C1N[C@]2(C(=O)NCC3CC3)C[C@@H]2/C=C\CCCCC[C@H](NC2CCC2)C(=O)N2C[C@H](OC(=O)N3Cc4cccc(F)c4C3)C[C@@H]12. The molecule has 3 aliphatic heterocycles. The summed E-state index contributed by atoms with van der Waals surface area (Å²) in [7, 11) is 0. The highest BCUT2D eigenvalue weighted by Gasteiger charge is 2.61. The number of ether oxygens (including phenoxy) is 1. The van der Waals surface area contributed by atoms with E-state index >= 15 is 0 Å². The third-order valence-electron chi connectivity index (χ3n) is 10.9. The van der Waals surface area contributed by atoms with Crippen molar-refractivity contribution in [3.05, 3.63) is 47.3 Å². The molecular formula is C35H46FN5O5. The zero-order valence-corrected chi connectivity index (χ0v) is 26.5. The molecule has 0 bridgehead atoms. The summed E-state index contributed by atoms with van der Waals surface area (Å²) in [5.74, 6) is -0.674. The van der Waals surface area contributed by atoms with E-state index in [1.54, 1.807) is 17.0 Å². The second-order valence-corrected chi connectivity index (χ2v) is 14.3. The Morgan fingerprint density at radius 2 is 1.89 bits per heavy atom. The van der Waals surface area contributed by atoms with E-state index in [1.807, 2.05) is 0 Å². The van der Waals surface area contributed by atoms with Crippen molar-refractivity contribution in [2.45, 2.75) is 120 Å². The Bertz CT molecular complexity index is 1400. The molecule has 3 N–H and O–H groups in total. The molecule has 248 valence electrons. The van der Waals surface area contributed by atoms with Gasteiger partial charge in [0.1, 0.15) is 23.5 Å². The molecule has 0 unspecified atom stereocenters. The number of allylic oxidation sites excluding steroid dienone is 1. The molecular weight excluding hydrogens is 589 g/mol. The van der Waals surface area contributed by atoms with E-state index in [2.05, 4.69) is 28.1 Å². The van der Waals surface area contributed by atoms with Crippen molar-refractivity contribution in [2.24, 2.45) is 11.8 Å². The first-order chi connectivity index (χ1) is 22.3. The molecule has 0 spiro atoms. The number of rotatable bonds is 6. The summed E-state index contributed by atoms with van der Waals surface area (Å²) >= 11 is 0. The van der Waals surface area contributed by atoms with Gasteiger partial charge in [-0.1, -0.05) is 43.5 Å². The van der Waals surface area contributed by atoms with Crippen LogP contribution in [0.4, 0.5) is 9.18 Å². The minimum atomic E-state index is -1.04. The number of nitrogens with one attached hydrogen (secondary N) is 3. The fraction of sp³-hybridized carbons (Fsp3) is 0.657. The van der Waals surface area contributed by atoms with Gasteiger partial charge in [0.2, 0.25) is 17.7 Å². The monoisotopic (exact) mass is 635 g/mol. The molecule has 0 aromatic heterocycles. The first-order valence-electron chi connectivity index (χ1n) is 17.4. The van der Waals surface area contributed by atoms with E-state index in [0.29, 0.717) is 30.9 Å². The van der Waals surface area contributed by atoms with Crippen LogP contribution in [-0.2, 0) is 32.2 Å². The highest BCUT2D eigenvalue weighted by atomic mass is 19.1. The lowest BCUT2D eigenvalue weighted by molar-refractivity contribution is -0.141. The van der Waals surface area contributed by atoms with Crippen molar-refractivity contribution in [2.75, 3.05) is 13.1 Å². The van der Waals surface area contributed by atoms with Gasteiger partial charge in [-0.05, 0) is 68.9 Å². The van der Waals surface area contributed by atoms with E-state index in [4.69, 9.17) is 4.74 Å². The van der Waals surface area contributed by atoms with Gasteiger partial charge in [-0.25, -0.2) is 9.18 Å². The number of carbonyl (C=O) groups excluding carboxylic acids is 4. The molecule has 11 heteroatoms. The summed E-state index contributed by atoms with van der Waals surface area (Å²) in [6, 6.07) is 3.78. The molecule has 3 heterocycles. The first-order valence-corrected chi connectivity index (χ1v) is 17.4. The number of nitrogens with zero attached hydrogens (tertiary/aromatic N) is 2. The van der Waals surface area contributed by atoms with Gasteiger partial charge in [0.15, 0.2) is 0 Å². The lowest BCUT2D eigenvalue weighted by Gasteiger charge is -2.34. The van der Waals surface area contributed by atoms with Crippen LogP contribution in [0, 0.1) is 17.7 Å². The van der Waals surface area contributed by atoms with E-state index in [-0.39, 0.29) is 55.6 Å². The van der Waals surface area contributed by atoms with E-state index < -0.39 is 35.7 Å². The predicted octanol–water partition coefficient (Wildman–Crippen LogP) is 3.68. The van der Waals surface area contributed by atoms with Gasteiger partial charge in [-0.2, -0.15) is 0 Å². The summed E-state index contributed by atoms with van der Waals surface area (Å²) < 4.78 is 20.3. The maximum absolute atomic E-state index is 14.4. The molecule has 3 aliphatic carbocycles. The average Bonchev–Trinajstić information content (AvgIpc) is 3.87. The van der Waals surface area contributed by atoms with Gasteiger partial charge < -0.3 is 25.6 Å². The van der Waals surface area contributed by atoms with Gasteiger partial charge in [0.05, 0.1) is 19.1 Å². The average molecular weight is 636 g/mol. The van der Waals surface area contributed by atoms with Gasteiger partial charge in [-0.15, -0.1) is 0 Å². The van der Waals surface area contributed by atoms with Crippen LogP contribution in [0.5, 0.6) is 0 Å². The number of fused-ring (bicyclic) bond motifs is 3. The van der Waals surface area contributed by atoms with Crippen molar-refractivity contribution in [1.29, 1.82) is 0 Å². The Labute approximate surface area is 269 Å². The molecule has 1 saturated heterocycles. The standard InChI is InChI=1S/C35H46FN5O5/c36-28-12-6-8-23-19-40(21-27(23)28)34(45)46-26-16-30-31(42)39-35(33(44)37-18-22-14-15-22)17-24(35)9-4-2-1-3-5-13-29(32(43)41(30)20-26)38-25-10-7-11-25/h4,6,8-9,12,22,24-26,29-30,38H,1-3,5,7,10-11,13-21H2,(H,37,44)(H,39,42)/b9-4-/t24-,26+,29-,30-,35+/m0/s1. The van der Waals surface area contributed by atoms with Crippen LogP contribution in [0.15, 0.2) is 30.4 Å².